The molecular weight excluding hydrogens is 232 g/mol. The minimum absolute atomic E-state index is 0.662. The van der Waals surface area contributed by atoms with Crippen LogP contribution in [0.15, 0.2) is 30.3 Å². The quantitative estimate of drug-likeness (QED) is 0.873. The Morgan fingerprint density at radius 1 is 1.21 bits per heavy atom. The van der Waals surface area contributed by atoms with Gasteiger partial charge in [0.05, 0.1) is 0 Å². The van der Waals surface area contributed by atoms with Crippen LogP contribution in [0.2, 0.25) is 0 Å². The second kappa shape index (κ2) is 6.06. The normalized spacial score (nSPS) is 28.5. The van der Waals surface area contributed by atoms with E-state index in [0.717, 1.165) is 18.6 Å². The molecule has 0 aromatic heterocycles. The SMILES string of the molecule is CC(CCNC1CCN2CCCC12)c1ccccc1. The third kappa shape index (κ3) is 3.01. The predicted molar refractivity (Wildman–Crippen MR) is 80.5 cm³/mol. The molecule has 19 heavy (non-hydrogen) atoms. The van der Waals surface area contributed by atoms with E-state index in [9.17, 15) is 0 Å². The smallest absolute Gasteiger partial charge is 0.0250 e. The number of fused-ring (bicyclic) bond motifs is 1. The summed E-state index contributed by atoms with van der Waals surface area (Å²) in [6.45, 7) is 6.15. The Labute approximate surface area is 117 Å². The standard InChI is InChI=1S/C17H26N2/c1-14(15-6-3-2-4-7-15)9-11-18-16-10-13-19-12-5-8-17(16)19/h2-4,6-7,14,16-18H,5,8-13H2,1H3. The van der Waals surface area contributed by atoms with Gasteiger partial charge in [0.1, 0.15) is 0 Å². The largest absolute Gasteiger partial charge is 0.312 e. The fraction of sp³-hybridized carbons (Fsp3) is 0.647. The molecule has 2 heteroatoms. The second-order valence-electron chi connectivity index (χ2n) is 6.20. The van der Waals surface area contributed by atoms with Crippen molar-refractivity contribution in [1.82, 2.24) is 10.2 Å². The molecule has 0 radical (unpaired) electrons. The van der Waals surface area contributed by atoms with Crippen molar-refractivity contribution in [3.8, 4) is 0 Å². The second-order valence-corrected chi connectivity index (χ2v) is 6.20. The molecule has 3 atom stereocenters. The molecule has 2 heterocycles. The lowest BCUT2D eigenvalue weighted by molar-refractivity contribution is 0.298. The molecule has 3 unspecified atom stereocenters. The van der Waals surface area contributed by atoms with Crippen LogP contribution in [0.4, 0.5) is 0 Å². The van der Waals surface area contributed by atoms with Crippen LogP contribution in [0, 0.1) is 0 Å². The minimum Gasteiger partial charge on any atom is -0.312 e. The van der Waals surface area contributed by atoms with Crippen molar-refractivity contribution in [3.63, 3.8) is 0 Å². The van der Waals surface area contributed by atoms with E-state index < -0.39 is 0 Å². The summed E-state index contributed by atoms with van der Waals surface area (Å²) in [5.74, 6) is 0.662. The number of hydrogen-bond donors (Lipinski definition) is 1. The lowest BCUT2D eigenvalue weighted by Gasteiger charge is -2.22. The zero-order valence-electron chi connectivity index (χ0n) is 12.0. The van der Waals surface area contributed by atoms with Gasteiger partial charge in [0, 0.05) is 18.6 Å². The Kier molecular flexibility index (Phi) is 4.19. The summed E-state index contributed by atoms with van der Waals surface area (Å²) in [5.41, 5.74) is 1.47. The highest BCUT2D eigenvalue weighted by atomic mass is 15.2. The zero-order chi connectivity index (χ0) is 13.1. The van der Waals surface area contributed by atoms with Gasteiger partial charge in [-0.25, -0.2) is 0 Å². The van der Waals surface area contributed by atoms with Crippen LogP contribution in [0.3, 0.4) is 0 Å². The van der Waals surface area contributed by atoms with Gasteiger partial charge in [0.25, 0.3) is 0 Å². The Hall–Kier alpha value is -0.860. The summed E-state index contributed by atoms with van der Waals surface area (Å²) in [5, 5.41) is 3.81. The number of nitrogens with one attached hydrogen (secondary N) is 1. The van der Waals surface area contributed by atoms with Crippen LogP contribution < -0.4 is 5.32 Å². The van der Waals surface area contributed by atoms with Crippen LogP contribution in [0.25, 0.3) is 0 Å². The highest BCUT2D eigenvalue weighted by molar-refractivity contribution is 5.18. The summed E-state index contributed by atoms with van der Waals surface area (Å²) in [6.07, 6.45) is 5.41. The van der Waals surface area contributed by atoms with Gasteiger partial charge in [0.15, 0.2) is 0 Å². The Bertz CT molecular complexity index is 390. The number of hydrogen-bond acceptors (Lipinski definition) is 2. The first-order valence-electron chi connectivity index (χ1n) is 7.87. The van der Waals surface area contributed by atoms with Gasteiger partial charge in [-0.1, -0.05) is 37.3 Å². The van der Waals surface area contributed by atoms with E-state index in [1.54, 1.807) is 0 Å². The van der Waals surface area contributed by atoms with Gasteiger partial charge >= 0.3 is 0 Å². The van der Waals surface area contributed by atoms with Crippen molar-refractivity contribution >= 4 is 0 Å². The summed E-state index contributed by atoms with van der Waals surface area (Å²) in [4.78, 5) is 2.68. The Morgan fingerprint density at radius 2 is 2.05 bits per heavy atom. The first kappa shape index (κ1) is 13.1. The van der Waals surface area contributed by atoms with Gasteiger partial charge in [0.2, 0.25) is 0 Å². The molecule has 0 saturated carbocycles. The van der Waals surface area contributed by atoms with Gasteiger partial charge in [-0.15, -0.1) is 0 Å². The van der Waals surface area contributed by atoms with E-state index in [1.807, 2.05) is 0 Å². The molecule has 104 valence electrons. The molecule has 0 spiro atoms. The average molecular weight is 258 g/mol. The van der Waals surface area contributed by atoms with Gasteiger partial charge in [-0.3, -0.25) is 4.90 Å². The monoisotopic (exact) mass is 258 g/mol. The van der Waals surface area contributed by atoms with E-state index in [1.165, 1.54) is 44.3 Å². The minimum atomic E-state index is 0.662. The molecule has 1 aromatic rings. The number of rotatable bonds is 5. The van der Waals surface area contributed by atoms with Crippen LogP contribution >= 0.6 is 0 Å². The molecular formula is C17H26N2. The van der Waals surface area contributed by atoms with E-state index >= 15 is 0 Å². The molecule has 2 fully saturated rings. The topological polar surface area (TPSA) is 15.3 Å². The molecule has 0 aliphatic carbocycles. The van der Waals surface area contributed by atoms with Gasteiger partial charge in [-0.05, 0) is 50.3 Å². The highest BCUT2D eigenvalue weighted by Gasteiger charge is 2.36. The Morgan fingerprint density at radius 3 is 2.89 bits per heavy atom. The zero-order valence-corrected chi connectivity index (χ0v) is 12.0. The molecule has 1 N–H and O–H groups in total. The number of benzene rings is 1. The van der Waals surface area contributed by atoms with E-state index in [0.29, 0.717) is 5.92 Å². The lowest BCUT2D eigenvalue weighted by atomic mass is 9.97. The maximum atomic E-state index is 3.81. The molecule has 1 aromatic carbocycles. The van der Waals surface area contributed by atoms with Crippen molar-refractivity contribution in [1.29, 1.82) is 0 Å². The molecule has 2 nitrogen and oxygen atoms in total. The fourth-order valence-corrected chi connectivity index (χ4v) is 3.75. The van der Waals surface area contributed by atoms with Crippen molar-refractivity contribution in [2.24, 2.45) is 0 Å². The van der Waals surface area contributed by atoms with Crippen LogP contribution in [0.1, 0.15) is 44.1 Å². The van der Waals surface area contributed by atoms with Crippen molar-refractivity contribution in [2.75, 3.05) is 19.6 Å². The average Bonchev–Trinajstić information content (AvgIpc) is 3.04. The van der Waals surface area contributed by atoms with Crippen molar-refractivity contribution in [2.45, 2.75) is 50.6 Å². The number of nitrogens with zero attached hydrogens (tertiary/aromatic N) is 1. The summed E-state index contributed by atoms with van der Waals surface area (Å²) >= 11 is 0. The van der Waals surface area contributed by atoms with Crippen molar-refractivity contribution in [3.05, 3.63) is 35.9 Å². The molecule has 2 aliphatic heterocycles. The molecule has 2 aliphatic rings. The third-order valence-corrected chi connectivity index (χ3v) is 4.96. The van der Waals surface area contributed by atoms with Crippen LogP contribution in [0.5, 0.6) is 0 Å². The Balaban J connectivity index is 1.43. The van der Waals surface area contributed by atoms with Gasteiger partial charge < -0.3 is 5.32 Å². The van der Waals surface area contributed by atoms with E-state index in [-0.39, 0.29) is 0 Å². The maximum absolute atomic E-state index is 3.81. The fourth-order valence-electron chi connectivity index (χ4n) is 3.75. The third-order valence-electron chi connectivity index (χ3n) is 4.96. The van der Waals surface area contributed by atoms with Crippen LogP contribution in [-0.4, -0.2) is 36.6 Å². The molecule has 3 rings (SSSR count). The first-order chi connectivity index (χ1) is 9.34. The van der Waals surface area contributed by atoms with Gasteiger partial charge in [-0.2, -0.15) is 0 Å². The highest BCUT2D eigenvalue weighted by Crippen LogP contribution is 2.28. The molecule has 2 saturated heterocycles. The first-order valence-corrected chi connectivity index (χ1v) is 7.87. The van der Waals surface area contributed by atoms with Crippen LogP contribution in [-0.2, 0) is 0 Å². The summed E-state index contributed by atoms with van der Waals surface area (Å²) in [7, 11) is 0. The van der Waals surface area contributed by atoms with E-state index in [2.05, 4.69) is 47.5 Å². The lowest BCUT2D eigenvalue weighted by Crippen LogP contribution is -2.39. The molecule has 0 bridgehead atoms. The predicted octanol–water partition coefficient (Wildman–Crippen LogP) is 3.01. The maximum Gasteiger partial charge on any atom is 0.0250 e. The van der Waals surface area contributed by atoms with Crippen molar-refractivity contribution < 1.29 is 0 Å². The van der Waals surface area contributed by atoms with E-state index in [4.69, 9.17) is 0 Å². The molecule has 0 amide bonds. The summed E-state index contributed by atoms with van der Waals surface area (Å²) < 4.78 is 0. The summed E-state index contributed by atoms with van der Waals surface area (Å²) in [6, 6.07) is 12.5.